The highest BCUT2D eigenvalue weighted by Gasteiger charge is 1.92. The van der Waals surface area contributed by atoms with Gasteiger partial charge in [-0.15, -0.1) is 0 Å². The van der Waals surface area contributed by atoms with Crippen LogP contribution in [0.1, 0.15) is 12.5 Å². The summed E-state index contributed by atoms with van der Waals surface area (Å²) in [6.45, 7) is 2.49. The quantitative estimate of drug-likeness (QED) is 0.418. The molecular formula is C8H10N2O2. The molecule has 4 heteroatoms. The van der Waals surface area contributed by atoms with E-state index in [2.05, 4.69) is 10.1 Å². The summed E-state index contributed by atoms with van der Waals surface area (Å²) < 4.78 is 5.12. The molecule has 0 atom stereocenters. The third kappa shape index (κ3) is 2.23. The third-order valence-electron chi connectivity index (χ3n) is 1.26. The fourth-order valence-corrected chi connectivity index (χ4v) is 0.768. The number of aromatic nitrogens is 1. The second kappa shape index (κ2) is 4.33. The summed E-state index contributed by atoms with van der Waals surface area (Å²) in [7, 11) is 0. The van der Waals surface area contributed by atoms with E-state index in [-0.39, 0.29) is 0 Å². The fraction of sp³-hybridized carbons (Fsp3) is 0.250. The lowest BCUT2D eigenvalue weighted by atomic mass is 10.3. The van der Waals surface area contributed by atoms with Crippen LogP contribution >= 0.6 is 0 Å². The van der Waals surface area contributed by atoms with Crippen molar-refractivity contribution in [2.24, 2.45) is 5.16 Å². The van der Waals surface area contributed by atoms with Gasteiger partial charge in [0.05, 0.1) is 12.8 Å². The first-order chi connectivity index (χ1) is 5.86. The maximum Gasteiger partial charge on any atom is 0.213 e. The van der Waals surface area contributed by atoms with Crippen molar-refractivity contribution >= 4 is 6.21 Å². The summed E-state index contributed by atoms with van der Waals surface area (Å²) in [4.78, 5) is 3.96. The van der Waals surface area contributed by atoms with E-state index in [0.29, 0.717) is 12.5 Å². The van der Waals surface area contributed by atoms with Gasteiger partial charge in [0, 0.05) is 17.8 Å². The van der Waals surface area contributed by atoms with Crippen molar-refractivity contribution in [3.05, 3.63) is 23.9 Å². The second-order valence-electron chi connectivity index (χ2n) is 2.11. The van der Waals surface area contributed by atoms with Gasteiger partial charge in [0.15, 0.2) is 0 Å². The van der Waals surface area contributed by atoms with Crippen LogP contribution in [-0.4, -0.2) is 23.0 Å². The first-order valence-corrected chi connectivity index (χ1v) is 3.63. The molecule has 1 aromatic rings. The van der Waals surface area contributed by atoms with E-state index >= 15 is 0 Å². The minimum absolute atomic E-state index is 0.576. The zero-order valence-electron chi connectivity index (χ0n) is 6.77. The average Bonchev–Trinajstić information content (AvgIpc) is 2.09. The molecule has 0 aromatic carbocycles. The molecule has 4 nitrogen and oxygen atoms in total. The molecule has 0 aliphatic rings. The Labute approximate surface area is 70.5 Å². The molecule has 64 valence electrons. The molecule has 0 aliphatic heterocycles. The van der Waals surface area contributed by atoms with Gasteiger partial charge in [-0.2, -0.15) is 0 Å². The van der Waals surface area contributed by atoms with Gasteiger partial charge < -0.3 is 9.94 Å². The van der Waals surface area contributed by atoms with Crippen LogP contribution in [0.25, 0.3) is 0 Å². The van der Waals surface area contributed by atoms with Crippen LogP contribution in [-0.2, 0) is 0 Å². The normalized spacial score (nSPS) is 10.4. The molecule has 12 heavy (non-hydrogen) atoms. The van der Waals surface area contributed by atoms with Gasteiger partial charge >= 0.3 is 0 Å². The summed E-state index contributed by atoms with van der Waals surface area (Å²) in [6, 6.07) is 3.48. The monoisotopic (exact) mass is 166 g/mol. The molecule has 0 amide bonds. The Kier molecular flexibility index (Phi) is 3.07. The lowest BCUT2D eigenvalue weighted by Crippen LogP contribution is -1.94. The third-order valence-corrected chi connectivity index (χ3v) is 1.26. The van der Waals surface area contributed by atoms with E-state index in [1.165, 1.54) is 6.21 Å². The van der Waals surface area contributed by atoms with E-state index in [9.17, 15) is 0 Å². The summed E-state index contributed by atoms with van der Waals surface area (Å²) in [5, 5.41) is 11.1. The van der Waals surface area contributed by atoms with E-state index < -0.39 is 0 Å². The van der Waals surface area contributed by atoms with Crippen LogP contribution < -0.4 is 4.74 Å². The Morgan fingerprint density at radius 3 is 3.00 bits per heavy atom. The molecule has 0 fully saturated rings. The van der Waals surface area contributed by atoms with Gasteiger partial charge in [-0.3, -0.25) is 0 Å². The largest absolute Gasteiger partial charge is 0.478 e. The number of hydrogen-bond donors (Lipinski definition) is 1. The fourth-order valence-electron chi connectivity index (χ4n) is 0.768. The minimum atomic E-state index is 0.576. The first-order valence-electron chi connectivity index (χ1n) is 3.63. The lowest BCUT2D eigenvalue weighted by Gasteiger charge is -1.99. The number of rotatable bonds is 3. The summed E-state index contributed by atoms with van der Waals surface area (Å²) >= 11 is 0. The van der Waals surface area contributed by atoms with Crippen molar-refractivity contribution in [2.75, 3.05) is 6.61 Å². The maximum absolute atomic E-state index is 8.20. The molecule has 1 heterocycles. The van der Waals surface area contributed by atoms with Gasteiger partial charge in [0.25, 0.3) is 0 Å². The standard InChI is InChI=1S/C8H10N2O2/c1-2-12-8-4-3-7(5-9-8)6-10-11/h3-6,11H,2H2,1H3/b10-6+. The van der Waals surface area contributed by atoms with Gasteiger partial charge in [0.1, 0.15) is 0 Å². The number of hydrogen-bond acceptors (Lipinski definition) is 4. The Morgan fingerprint density at radius 1 is 1.67 bits per heavy atom. The highest BCUT2D eigenvalue weighted by molar-refractivity contribution is 5.78. The Bertz CT molecular complexity index is 256. The summed E-state index contributed by atoms with van der Waals surface area (Å²) in [5.41, 5.74) is 0.737. The highest BCUT2D eigenvalue weighted by atomic mass is 16.5. The topological polar surface area (TPSA) is 54.7 Å². The number of pyridine rings is 1. The van der Waals surface area contributed by atoms with E-state index in [1.54, 1.807) is 18.3 Å². The second-order valence-corrected chi connectivity index (χ2v) is 2.11. The number of oxime groups is 1. The smallest absolute Gasteiger partial charge is 0.213 e. The number of ether oxygens (including phenoxy) is 1. The molecular weight excluding hydrogens is 156 g/mol. The highest BCUT2D eigenvalue weighted by Crippen LogP contribution is 2.05. The minimum Gasteiger partial charge on any atom is -0.478 e. The van der Waals surface area contributed by atoms with E-state index in [1.807, 2.05) is 6.92 Å². The van der Waals surface area contributed by atoms with E-state index in [4.69, 9.17) is 9.94 Å². The van der Waals surface area contributed by atoms with Crippen molar-refractivity contribution < 1.29 is 9.94 Å². The molecule has 0 bridgehead atoms. The molecule has 1 N–H and O–H groups in total. The molecule has 0 saturated heterocycles. The van der Waals surface area contributed by atoms with Crippen LogP contribution in [0.4, 0.5) is 0 Å². The first kappa shape index (κ1) is 8.52. The van der Waals surface area contributed by atoms with Crippen molar-refractivity contribution in [1.82, 2.24) is 4.98 Å². The molecule has 1 aromatic heterocycles. The van der Waals surface area contributed by atoms with Crippen LogP contribution in [0, 0.1) is 0 Å². The molecule has 0 saturated carbocycles. The zero-order chi connectivity index (χ0) is 8.81. The predicted molar refractivity (Wildman–Crippen MR) is 44.8 cm³/mol. The zero-order valence-corrected chi connectivity index (χ0v) is 6.77. The van der Waals surface area contributed by atoms with E-state index in [0.717, 1.165) is 5.56 Å². The maximum atomic E-state index is 8.20. The van der Waals surface area contributed by atoms with Gasteiger partial charge in [0.2, 0.25) is 5.88 Å². The van der Waals surface area contributed by atoms with Crippen molar-refractivity contribution in [3.63, 3.8) is 0 Å². The summed E-state index contributed by atoms with van der Waals surface area (Å²) in [6.07, 6.45) is 2.88. The molecule has 0 spiro atoms. The van der Waals surface area contributed by atoms with Crippen molar-refractivity contribution in [3.8, 4) is 5.88 Å². The molecule has 1 rings (SSSR count). The van der Waals surface area contributed by atoms with Crippen LogP contribution in [0.2, 0.25) is 0 Å². The van der Waals surface area contributed by atoms with Gasteiger partial charge in [-0.1, -0.05) is 5.16 Å². The molecule has 0 radical (unpaired) electrons. The Balaban J connectivity index is 2.71. The van der Waals surface area contributed by atoms with Gasteiger partial charge in [-0.25, -0.2) is 4.98 Å². The van der Waals surface area contributed by atoms with Gasteiger partial charge in [-0.05, 0) is 13.0 Å². The number of nitrogens with zero attached hydrogens (tertiary/aromatic N) is 2. The van der Waals surface area contributed by atoms with Crippen LogP contribution in [0.3, 0.4) is 0 Å². The lowest BCUT2D eigenvalue weighted by molar-refractivity contribution is 0.321. The SMILES string of the molecule is CCOc1ccc(/C=N/O)cn1. The Morgan fingerprint density at radius 2 is 2.50 bits per heavy atom. The van der Waals surface area contributed by atoms with Crippen molar-refractivity contribution in [2.45, 2.75) is 6.92 Å². The average molecular weight is 166 g/mol. The predicted octanol–water partition coefficient (Wildman–Crippen LogP) is 1.29. The molecule has 0 aliphatic carbocycles. The van der Waals surface area contributed by atoms with Crippen LogP contribution in [0.5, 0.6) is 5.88 Å². The summed E-state index contributed by atoms with van der Waals surface area (Å²) in [5.74, 6) is 0.576. The van der Waals surface area contributed by atoms with Crippen LogP contribution in [0.15, 0.2) is 23.5 Å². The van der Waals surface area contributed by atoms with Crippen molar-refractivity contribution in [1.29, 1.82) is 0 Å². The molecule has 0 unspecified atom stereocenters. The Hall–Kier alpha value is -1.58.